The summed E-state index contributed by atoms with van der Waals surface area (Å²) in [5.74, 6) is 0. The first-order chi connectivity index (χ1) is 7.36. The van der Waals surface area contributed by atoms with Crippen molar-refractivity contribution in [2.45, 2.75) is 30.6 Å². The van der Waals surface area contributed by atoms with Gasteiger partial charge in [0.2, 0.25) is 0 Å². The van der Waals surface area contributed by atoms with Crippen LogP contribution in [0.3, 0.4) is 0 Å². The Balaban J connectivity index is 1.75. The van der Waals surface area contributed by atoms with E-state index in [0.717, 1.165) is 32.5 Å². The number of hydrogen-bond donors (Lipinski definition) is 3. The molecule has 0 aromatic rings. The predicted molar refractivity (Wildman–Crippen MR) is 60.4 cm³/mol. The van der Waals surface area contributed by atoms with Crippen LogP contribution in [0.1, 0.15) is 12.8 Å². The lowest BCUT2D eigenvalue weighted by atomic mass is 10.1. The monoisotopic (exact) mass is 228 g/mol. The van der Waals surface area contributed by atoms with Crippen LogP contribution >= 0.6 is 11.6 Å². The van der Waals surface area contributed by atoms with E-state index in [4.69, 9.17) is 11.6 Å². The van der Waals surface area contributed by atoms with E-state index in [1.165, 1.54) is 5.57 Å². The molecule has 2 saturated heterocycles. The van der Waals surface area contributed by atoms with Crippen molar-refractivity contribution >= 4 is 11.6 Å². The zero-order chi connectivity index (χ0) is 10.3. The summed E-state index contributed by atoms with van der Waals surface area (Å²) < 4.78 is 0. The first-order valence-electron chi connectivity index (χ1n) is 5.67. The van der Waals surface area contributed by atoms with Crippen LogP contribution in [0.2, 0.25) is 0 Å². The summed E-state index contributed by atoms with van der Waals surface area (Å²) in [4.78, 5) is 2.43. The molecule has 3 unspecified atom stereocenters. The van der Waals surface area contributed by atoms with Gasteiger partial charge >= 0.3 is 0 Å². The molecule has 0 bridgehead atoms. The number of halogens is 1. The van der Waals surface area contributed by atoms with Crippen molar-refractivity contribution in [1.29, 1.82) is 0 Å². The minimum Gasteiger partial charge on any atom is -0.313 e. The lowest BCUT2D eigenvalue weighted by Gasteiger charge is -2.26. The molecule has 0 radical (unpaired) electrons. The molecule has 3 aliphatic heterocycles. The van der Waals surface area contributed by atoms with Crippen LogP contribution in [0, 0.1) is 0 Å². The molecule has 4 nitrogen and oxygen atoms in total. The second-order valence-electron chi connectivity index (χ2n) is 4.42. The summed E-state index contributed by atoms with van der Waals surface area (Å²) >= 11 is 6.24. The summed E-state index contributed by atoms with van der Waals surface area (Å²) in [5.41, 5.74) is 8.08. The van der Waals surface area contributed by atoms with Crippen LogP contribution in [-0.4, -0.2) is 42.2 Å². The fourth-order valence-electron chi connectivity index (χ4n) is 2.67. The van der Waals surface area contributed by atoms with Gasteiger partial charge in [-0.1, -0.05) is 6.08 Å². The first kappa shape index (κ1) is 10.1. The Labute approximate surface area is 95.0 Å². The molecular formula is C10H17ClN4. The molecule has 0 spiro atoms. The summed E-state index contributed by atoms with van der Waals surface area (Å²) in [6, 6.07) is 0. The van der Waals surface area contributed by atoms with E-state index in [1.54, 1.807) is 0 Å². The van der Waals surface area contributed by atoms with Crippen molar-refractivity contribution in [2.24, 2.45) is 0 Å². The largest absolute Gasteiger partial charge is 0.313 e. The van der Waals surface area contributed by atoms with Gasteiger partial charge in [-0.3, -0.25) is 4.90 Å². The third kappa shape index (κ3) is 1.70. The molecule has 3 aliphatic rings. The van der Waals surface area contributed by atoms with Gasteiger partial charge in [-0.25, -0.2) is 10.9 Å². The van der Waals surface area contributed by atoms with Crippen molar-refractivity contribution in [1.82, 2.24) is 21.1 Å². The van der Waals surface area contributed by atoms with Crippen molar-refractivity contribution in [2.75, 3.05) is 19.6 Å². The Kier molecular flexibility index (Phi) is 2.70. The molecule has 2 fully saturated rings. The Bertz CT molecular complexity index is 281. The first-order valence-corrected chi connectivity index (χ1v) is 6.10. The van der Waals surface area contributed by atoms with Gasteiger partial charge in [0.15, 0.2) is 0 Å². The maximum absolute atomic E-state index is 6.24. The van der Waals surface area contributed by atoms with Crippen LogP contribution in [-0.2, 0) is 0 Å². The van der Waals surface area contributed by atoms with Gasteiger partial charge in [0.25, 0.3) is 0 Å². The average Bonchev–Trinajstić information content (AvgIpc) is 2.83. The zero-order valence-corrected chi connectivity index (χ0v) is 9.43. The minimum atomic E-state index is 0.236. The highest BCUT2D eigenvalue weighted by Gasteiger charge is 2.42. The van der Waals surface area contributed by atoms with Crippen molar-refractivity contribution in [3.05, 3.63) is 11.6 Å². The summed E-state index contributed by atoms with van der Waals surface area (Å²) in [5, 5.41) is 3.64. The van der Waals surface area contributed by atoms with E-state index in [0.29, 0.717) is 12.3 Å². The van der Waals surface area contributed by atoms with Gasteiger partial charge in [-0.05, 0) is 25.0 Å². The molecule has 5 heteroatoms. The SMILES string of the molecule is ClC1CCN2C(C3=CCCNC3)NNC12. The lowest BCUT2D eigenvalue weighted by molar-refractivity contribution is 0.256. The second kappa shape index (κ2) is 4.03. The predicted octanol–water partition coefficient (Wildman–Crippen LogP) is -0.0208. The normalized spacial score (nSPS) is 41.7. The van der Waals surface area contributed by atoms with Gasteiger partial charge in [0.05, 0.1) is 17.7 Å². The zero-order valence-electron chi connectivity index (χ0n) is 8.67. The second-order valence-corrected chi connectivity index (χ2v) is 4.98. The van der Waals surface area contributed by atoms with Crippen LogP contribution in [0.4, 0.5) is 0 Å². The number of nitrogens with zero attached hydrogens (tertiary/aromatic N) is 1. The summed E-state index contributed by atoms with van der Waals surface area (Å²) in [6.07, 6.45) is 5.21. The van der Waals surface area contributed by atoms with Gasteiger partial charge in [-0.2, -0.15) is 0 Å². The standard InChI is InChI=1S/C10H17ClN4/c11-8-3-5-15-9(13-14-10(8)15)7-2-1-4-12-6-7/h2,8-10,12-14H,1,3-6H2. The lowest BCUT2D eigenvalue weighted by Crippen LogP contribution is -2.42. The Hall–Kier alpha value is -0.130. The molecule has 0 aromatic carbocycles. The van der Waals surface area contributed by atoms with E-state index >= 15 is 0 Å². The summed E-state index contributed by atoms with van der Waals surface area (Å²) in [6.45, 7) is 3.18. The van der Waals surface area contributed by atoms with E-state index in [-0.39, 0.29) is 5.38 Å². The Morgan fingerprint density at radius 2 is 2.33 bits per heavy atom. The molecular weight excluding hydrogens is 212 g/mol. The highest BCUT2D eigenvalue weighted by molar-refractivity contribution is 6.21. The summed E-state index contributed by atoms with van der Waals surface area (Å²) in [7, 11) is 0. The van der Waals surface area contributed by atoms with Gasteiger partial charge < -0.3 is 5.32 Å². The highest BCUT2D eigenvalue weighted by Crippen LogP contribution is 2.28. The Morgan fingerprint density at radius 1 is 1.40 bits per heavy atom. The molecule has 84 valence electrons. The third-order valence-electron chi connectivity index (χ3n) is 3.47. The van der Waals surface area contributed by atoms with E-state index in [2.05, 4.69) is 27.1 Å². The molecule has 0 amide bonds. The van der Waals surface area contributed by atoms with Crippen LogP contribution in [0.25, 0.3) is 0 Å². The number of rotatable bonds is 1. The molecule has 0 saturated carbocycles. The third-order valence-corrected chi connectivity index (χ3v) is 3.93. The minimum absolute atomic E-state index is 0.236. The van der Waals surface area contributed by atoms with Crippen molar-refractivity contribution in [3.8, 4) is 0 Å². The highest BCUT2D eigenvalue weighted by atomic mass is 35.5. The number of hydrogen-bond acceptors (Lipinski definition) is 4. The van der Waals surface area contributed by atoms with Crippen LogP contribution < -0.4 is 16.2 Å². The topological polar surface area (TPSA) is 39.3 Å². The van der Waals surface area contributed by atoms with Crippen molar-refractivity contribution in [3.63, 3.8) is 0 Å². The smallest absolute Gasteiger partial charge is 0.0973 e. The van der Waals surface area contributed by atoms with Gasteiger partial charge in [0.1, 0.15) is 0 Å². The fraction of sp³-hybridized carbons (Fsp3) is 0.800. The van der Waals surface area contributed by atoms with Crippen molar-refractivity contribution < 1.29 is 0 Å². The fourth-order valence-corrected chi connectivity index (χ4v) is 2.97. The van der Waals surface area contributed by atoms with E-state index < -0.39 is 0 Å². The Morgan fingerprint density at radius 3 is 3.13 bits per heavy atom. The molecule has 0 aromatic heterocycles. The maximum Gasteiger partial charge on any atom is 0.0973 e. The number of fused-ring (bicyclic) bond motifs is 1. The van der Waals surface area contributed by atoms with E-state index in [9.17, 15) is 0 Å². The molecule has 3 rings (SSSR count). The quantitative estimate of drug-likeness (QED) is 0.436. The molecule has 3 N–H and O–H groups in total. The molecule has 0 aliphatic carbocycles. The molecule has 3 atom stereocenters. The van der Waals surface area contributed by atoms with Crippen LogP contribution in [0.15, 0.2) is 11.6 Å². The molecule has 3 heterocycles. The van der Waals surface area contributed by atoms with Crippen LogP contribution in [0.5, 0.6) is 0 Å². The number of alkyl halides is 1. The number of nitrogens with one attached hydrogen (secondary N) is 3. The number of hydrazine groups is 1. The van der Waals surface area contributed by atoms with Gasteiger partial charge in [-0.15, -0.1) is 11.6 Å². The maximum atomic E-state index is 6.24. The molecule has 15 heavy (non-hydrogen) atoms. The average molecular weight is 229 g/mol. The van der Waals surface area contributed by atoms with E-state index in [1.807, 2.05) is 0 Å². The van der Waals surface area contributed by atoms with Gasteiger partial charge in [0, 0.05) is 13.1 Å².